The number of halogens is 3. The Morgan fingerprint density at radius 1 is 1.25 bits per heavy atom. The largest absolute Gasteiger partial charge is 0.398 e. The van der Waals surface area contributed by atoms with Crippen molar-refractivity contribution in [2.45, 2.75) is 6.92 Å². The van der Waals surface area contributed by atoms with E-state index in [1.54, 1.807) is 25.1 Å². The zero-order valence-electron chi connectivity index (χ0n) is 10.5. The lowest BCUT2D eigenvalue weighted by Gasteiger charge is -2.10. The third-order valence-corrected chi connectivity index (χ3v) is 3.41. The second kappa shape index (κ2) is 5.69. The summed E-state index contributed by atoms with van der Waals surface area (Å²) in [4.78, 5) is 12.1. The molecule has 3 N–H and O–H groups in total. The first-order chi connectivity index (χ1) is 9.40. The summed E-state index contributed by atoms with van der Waals surface area (Å²) in [5.41, 5.74) is 7.69. The number of nitrogens with two attached hydrogens (primary N) is 1. The molecule has 2 aromatic carbocycles. The summed E-state index contributed by atoms with van der Waals surface area (Å²) < 4.78 is 13.3. The normalized spacial score (nSPS) is 10.4. The van der Waals surface area contributed by atoms with Crippen molar-refractivity contribution in [2.75, 3.05) is 11.1 Å². The highest BCUT2D eigenvalue weighted by molar-refractivity contribution is 6.35. The number of anilines is 2. The number of rotatable bonds is 2. The van der Waals surface area contributed by atoms with Gasteiger partial charge in [-0.05, 0) is 36.8 Å². The molecule has 0 bridgehead atoms. The Hall–Kier alpha value is -1.78. The number of carbonyl (C=O) groups is 1. The van der Waals surface area contributed by atoms with Crippen LogP contribution < -0.4 is 11.1 Å². The van der Waals surface area contributed by atoms with Crippen molar-refractivity contribution in [1.29, 1.82) is 0 Å². The second-order valence-electron chi connectivity index (χ2n) is 4.23. The van der Waals surface area contributed by atoms with Gasteiger partial charge < -0.3 is 11.1 Å². The van der Waals surface area contributed by atoms with Crippen LogP contribution in [0.4, 0.5) is 15.8 Å². The monoisotopic (exact) mass is 312 g/mol. The number of amides is 1. The minimum Gasteiger partial charge on any atom is -0.398 e. The molecule has 104 valence electrons. The number of nitrogens with one attached hydrogen (secondary N) is 1. The van der Waals surface area contributed by atoms with E-state index >= 15 is 0 Å². The first kappa shape index (κ1) is 14.6. The number of hydrogen-bond donors (Lipinski definition) is 2. The van der Waals surface area contributed by atoms with Gasteiger partial charge in [0.2, 0.25) is 0 Å². The lowest BCUT2D eigenvalue weighted by Crippen LogP contribution is -2.14. The molecule has 0 unspecified atom stereocenters. The van der Waals surface area contributed by atoms with Crippen molar-refractivity contribution in [3.8, 4) is 0 Å². The van der Waals surface area contributed by atoms with Crippen molar-refractivity contribution < 1.29 is 9.18 Å². The summed E-state index contributed by atoms with van der Waals surface area (Å²) in [5.74, 6) is -1.08. The van der Waals surface area contributed by atoms with Crippen LogP contribution in [0.1, 0.15) is 15.9 Å². The average molecular weight is 313 g/mol. The number of carbonyl (C=O) groups excluding carboxylic acids is 1. The van der Waals surface area contributed by atoms with E-state index in [0.717, 1.165) is 0 Å². The van der Waals surface area contributed by atoms with Crippen molar-refractivity contribution in [3.63, 3.8) is 0 Å². The predicted molar refractivity (Wildman–Crippen MR) is 80.0 cm³/mol. The van der Waals surface area contributed by atoms with Gasteiger partial charge >= 0.3 is 0 Å². The number of nitrogen functional groups attached to an aromatic ring is 1. The van der Waals surface area contributed by atoms with E-state index in [1.807, 2.05) is 0 Å². The van der Waals surface area contributed by atoms with Gasteiger partial charge in [0.15, 0.2) is 5.82 Å². The van der Waals surface area contributed by atoms with E-state index < -0.39 is 5.82 Å². The Kier molecular flexibility index (Phi) is 4.16. The van der Waals surface area contributed by atoms with E-state index in [-0.39, 0.29) is 16.0 Å². The van der Waals surface area contributed by atoms with E-state index in [4.69, 9.17) is 28.9 Å². The van der Waals surface area contributed by atoms with Crippen LogP contribution in [0.2, 0.25) is 10.0 Å². The van der Waals surface area contributed by atoms with E-state index in [0.29, 0.717) is 22.5 Å². The molecule has 0 aromatic heterocycles. The van der Waals surface area contributed by atoms with Gasteiger partial charge in [-0.3, -0.25) is 4.79 Å². The first-order valence-corrected chi connectivity index (χ1v) is 6.46. The fourth-order valence-corrected chi connectivity index (χ4v) is 2.21. The van der Waals surface area contributed by atoms with Gasteiger partial charge in [0.05, 0.1) is 10.0 Å². The van der Waals surface area contributed by atoms with Crippen LogP contribution in [-0.4, -0.2) is 5.91 Å². The molecule has 0 aliphatic carbocycles. The Morgan fingerprint density at radius 2 is 1.85 bits per heavy atom. The SMILES string of the molecule is Cc1c(N)cccc1C(=O)Nc1cc(Cl)c(F)c(Cl)c1. The molecule has 0 atom stereocenters. The lowest BCUT2D eigenvalue weighted by molar-refractivity contribution is 0.102. The Morgan fingerprint density at radius 3 is 2.45 bits per heavy atom. The molecule has 0 saturated heterocycles. The molecule has 2 rings (SSSR count). The lowest BCUT2D eigenvalue weighted by atomic mass is 10.1. The summed E-state index contributed by atoms with van der Waals surface area (Å²) in [6.45, 7) is 1.74. The summed E-state index contributed by atoms with van der Waals surface area (Å²) in [6, 6.07) is 7.62. The molecule has 3 nitrogen and oxygen atoms in total. The van der Waals surface area contributed by atoms with E-state index in [1.165, 1.54) is 12.1 Å². The smallest absolute Gasteiger partial charge is 0.256 e. The van der Waals surface area contributed by atoms with Gasteiger partial charge in [-0.15, -0.1) is 0 Å². The van der Waals surface area contributed by atoms with Crippen LogP contribution in [0.5, 0.6) is 0 Å². The fourth-order valence-electron chi connectivity index (χ4n) is 1.73. The quantitative estimate of drug-likeness (QED) is 0.642. The standard InChI is InChI=1S/C14H11Cl2FN2O/c1-7-9(3-2-4-12(7)18)14(20)19-8-5-10(15)13(17)11(16)6-8/h2-6H,18H2,1H3,(H,19,20). The minimum absolute atomic E-state index is 0.155. The highest BCUT2D eigenvalue weighted by Gasteiger charge is 2.13. The molecule has 0 heterocycles. The second-order valence-corrected chi connectivity index (χ2v) is 5.04. The van der Waals surface area contributed by atoms with Gasteiger partial charge in [-0.25, -0.2) is 4.39 Å². The number of hydrogen-bond acceptors (Lipinski definition) is 2. The first-order valence-electron chi connectivity index (χ1n) is 5.71. The molecule has 6 heteroatoms. The van der Waals surface area contributed by atoms with Crippen molar-refractivity contribution in [2.24, 2.45) is 0 Å². The van der Waals surface area contributed by atoms with Crippen molar-refractivity contribution >= 4 is 40.5 Å². The van der Waals surface area contributed by atoms with Gasteiger partial charge in [0, 0.05) is 16.9 Å². The molecule has 0 fully saturated rings. The van der Waals surface area contributed by atoms with Crippen LogP contribution in [0.25, 0.3) is 0 Å². The van der Waals surface area contributed by atoms with Gasteiger partial charge in [0.25, 0.3) is 5.91 Å². The average Bonchev–Trinajstić information content (AvgIpc) is 2.39. The third kappa shape index (κ3) is 2.86. The Labute approximate surface area is 125 Å². The maximum Gasteiger partial charge on any atom is 0.256 e. The topological polar surface area (TPSA) is 55.1 Å². The van der Waals surface area contributed by atoms with Crippen LogP contribution in [-0.2, 0) is 0 Å². The minimum atomic E-state index is -0.716. The molecular formula is C14H11Cl2FN2O. The maximum absolute atomic E-state index is 13.3. The molecule has 0 aliphatic heterocycles. The fraction of sp³-hybridized carbons (Fsp3) is 0.0714. The van der Waals surface area contributed by atoms with Crippen LogP contribution >= 0.6 is 23.2 Å². The predicted octanol–water partition coefficient (Wildman–Crippen LogP) is 4.28. The van der Waals surface area contributed by atoms with Gasteiger partial charge in [0.1, 0.15) is 0 Å². The third-order valence-electron chi connectivity index (χ3n) is 2.86. The van der Waals surface area contributed by atoms with Crippen LogP contribution in [0, 0.1) is 12.7 Å². The highest BCUT2D eigenvalue weighted by Crippen LogP contribution is 2.28. The molecule has 0 spiro atoms. The summed E-state index contributed by atoms with van der Waals surface area (Å²) >= 11 is 11.3. The summed E-state index contributed by atoms with van der Waals surface area (Å²) in [5, 5.41) is 2.29. The molecule has 2 aromatic rings. The maximum atomic E-state index is 13.3. The zero-order chi connectivity index (χ0) is 14.9. The molecule has 0 saturated carbocycles. The van der Waals surface area contributed by atoms with Crippen LogP contribution in [0.3, 0.4) is 0 Å². The molecule has 1 amide bonds. The Bertz CT molecular complexity index is 666. The zero-order valence-corrected chi connectivity index (χ0v) is 12.0. The highest BCUT2D eigenvalue weighted by atomic mass is 35.5. The molecular weight excluding hydrogens is 302 g/mol. The van der Waals surface area contributed by atoms with E-state index in [2.05, 4.69) is 5.32 Å². The summed E-state index contributed by atoms with van der Waals surface area (Å²) in [7, 11) is 0. The van der Waals surface area contributed by atoms with Crippen LogP contribution in [0.15, 0.2) is 30.3 Å². The van der Waals surface area contributed by atoms with Crippen molar-refractivity contribution in [1.82, 2.24) is 0 Å². The molecule has 0 aliphatic rings. The van der Waals surface area contributed by atoms with Crippen molar-refractivity contribution in [3.05, 3.63) is 57.3 Å². The molecule has 20 heavy (non-hydrogen) atoms. The summed E-state index contributed by atoms with van der Waals surface area (Å²) in [6.07, 6.45) is 0. The molecule has 0 radical (unpaired) electrons. The number of benzene rings is 2. The Balaban J connectivity index is 2.30. The van der Waals surface area contributed by atoms with Gasteiger partial charge in [-0.1, -0.05) is 29.3 Å². The van der Waals surface area contributed by atoms with Gasteiger partial charge in [-0.2, -0.15) is 0 Å². The van der Waals surface area contributed by atoms with E-state index in [9.17, 15) is 9.18 Å².